The maximum atomic E-state index is 12.8. The van der Waals surface area contributed by atoms with Crippen LogP contribution in [0.2, 0.25) is 0 Å². The average molecular weight is 348 g/mol. The van der Waals surface area contributed by atoms with Gasteiger partial charge in [-0.25, -0.2) is 4.98 Å². The van der Waals surface area contributed by atoms with E-state index in [2.05, 4.69) is 20.2 Å². The summed E-state index contributed by atoms with van der Waals surface area (Å²) in [4.78, 5) is 28.4. The Hall–Kier alpha value is -1.89. The molecule has 7 heteroatoms. The van der Waals surface area contributed by atoms with Crippen molar-refractivity contribution < 1.29 is 14.7 Å². The molecule has 0 atom stereocenters. The molecule has 1 aromatic heterocycles. The van der Waals surface area contributed by atoms with Crippen LogP contribution in [0.1, 0.15) is 67.8 Å². The van der Waals surface area contributed by atoms with Crippen LogP contribution in [0.15, 0.2) is 6.20 Å². The first-order valence-electron chi connectivity index (χ1n) is 9.40. The highest BCUT2D eigenvalue weighted by atomic mass is 16.4. The Bertz CT molecular complexity index is 614. The Kier molecular flexibility index (Phi) is 5.73. The minimum Gasteiger partial charge on any atom is -0.481 e. The average Bonchev–Trinajstić information content (AvgIpc) is 3.07. The topological polar surface area (TPSA) is 96.2 Å². The van der Waals surface area contributed by atoms with Crippen LogP contribution in [0.25, 0.3) is 0 Å². The van der Waals surface area contributed by atoms with Crippen LogP contribution >= 0.6 is 0 Å². The molecule has 1 saturated heterocycles. The summed E-state index contributed by atoms with van der Waals surface area (Å²) in [7, 11) is 0. The van der Waals surface area contributed by atoms with Crippen LogP contribution in [0.5, 0.6) is 0 Å². The first-order chi connectivity index (χ1) is 12.1. The molecule has 3 rings (SSSR count). The number of imidazole rings is 1. The predicted octanol–water partition coefficient (Wildman–Crippen LogP) is 1.74. The van der Waals surface area contributed by atoms with Gasteiger partial charge in [0.05, 0.1) is 11.6 Å². The summed E-state index contributed by atoms with van der Waals surface area (Å²) in [5.41, 5.74) is 0.943. The minimum atomic E-state index is -0.723. The van der Waals surface area contributed by atoms with Crippen molar-refractivity contribution in [3.05, 3.63) is 17.7 Å². The number of nitrogens with one attached hydrogen (secondary N) is 2. The van der Waals surface area contributed by atoms with Crippen LogP contribution in [0.3, 0.4) is 0 Å². The molecule has 2 fully saturated rings. The molecule has 1 aromatic rings. The third-order valence-corrected chi connectivity index (χ3v) is 5.46. The summed E-state index contributed by atoms with van der Waals surface area (Å²) >= 11 is 0. The van der Waals surface area contributed by atoms with Gasteiger partial charge in [-0.1, -0.05) is 6.92 Å². The zero-order valence-electron chi connectivity index (χ0n) is 14.8. The van der Waals surface area contributed by atoms with E-state index in [1.165, 1.54) is 0 Å². The second-order valence-electron chi connectivity index (χ2n) is 7.16. The van der Waals surface area contributed by atoms with Crippen molar-refractivity contribution in [3.63, 3.8) is 0 Å². The SMILES string of the molecule is CCc1cn(C2CCNCC2)c(C(=O)NC2CCC(C(=O)O)CC2)n1. The van der Waals surface area contributed by atoms with Gasteiger partial charge in [-0.2, -0.15) is 0 Å². The number of amides is 1. The number of aromatic nitrogens is 2. The van der Waals surface area contributed by atoms with E-state index in [0.717, 1.165) is 50.9 Å². The van der Waals surface area contributed by atoms with Crippen LogP contribution in [0, 0.1) is 5.92 Å². The van der Waals surface area contributed by atoms with E-state index < -0.39 is 5.97 Å². The van der Waals surface area contributed by atoms with Gasteiger partial charge in [-0.3, -0.25) is 9.59 Å². The van der Waals surface area contributed by atoms with Gasteiger partial charge in [-0.05, 0) is 58.0 Å². The van der Waals surface area contributed by atoms with Crippen molar-refractivity contribution in [2.75, 3.05) is 13.1 Å². The molecule has 1 saturated carbocycles. The number of hydrogen-bond acceptors (Lipinski definition) is 4. The largest absolute Gasteiger partial charge is 0.481 e. The Balaban J connectivity index is 1.67. The van der Waals surface area contributed by atoms with E-state index in [1.54, 1.807) is 0 Å². The Labute approximate surface area is 148 Å². The summed E-state index contributed by atoms with van der Waals surface area (Å²) in [5.74, 6) is -0.614. The molecular weight excluding hydrogens is 320 g/mol. The van der Waals surface area contributed by atoms with Gasteiger partial charge in [-0.15, -0.1) is 0 Å². The molecule has 7 nitrogen and oxygen atoms in total. The highest BCUT2D eigenvalue weighted by Crippen LogP contribution is 2.25. The monoisotopic (exact) mass is 348 g/mol. The molecule has 25 heavy (non-hydrogen) atoms. The molecule has 0 spiro atoms. The standard InChI is InChI=1S/C18H28N4O3/c1-2-13-11-22(15-7-9-19-10-8-15)16(20-13)17(23)21-14-5-3-12(4-6-14)18(24)25/h11-12,14-15,19H,2-10H2,1H3,(H,21,23)(H,24,25). The van der Waals surface area contributed by atoms with Gasteiger partial charge >= 0.3 is 5.97 Å². The first-order valence-corrected chi connectivity index (χ1v) is 9.40. The number of carboxylic acid groups (broad SMARTS) is 1. The third-order valence-electron chi connectivity index (χ3n) is 5.46. The van der Waals surface area contributed by atoms with Crippen molar-refractivity contribution in [2.24, 2.45) is 5.92 Å². The number of rotatable bonds is 5. The molecule has 2 heterocycles. The highest BCUT2D eigenvalue weighted by molar-refractivity contribution is 5.91. The highest BCUT2D eigenvalue weighted by Gasteiger charge is 2.29. The molecule has 0 bridgehead atoms. The van der Waals surface area contributed by atoms with Crippen molar-refractivity contribution in [3.8, 4) is 0 Å². The van der Waals surface area contributed by atoms with Crippen molar-refractivity contribution >= 4 is 11.9 Å². The van der Waals surface area contributed by atoms with Gasteiger partial charge in [0.25, 0.3) is 5.91 Å². The number of piperidine rings is 1. The fourth-order valence-corrected chi connectivity index (χ4v) is 3.88. The van der Waals surface area contributed by atoms with E-state index in [-0.39, 0.29) is 17.9 Å². The lowest BCUT2D eigenvalue weighted by molar-refractivity contribution is -0.142. The van der Waals surface area contributed by atoms with Crippen LogP contribution in [0.4, 0.5) is 0 Å². The van der Waals surface area contributed by atoms with E-state index in [1.807, 2.05) is 13.1 Å². The van der Waals surface area contributed by atoms with E-state index in [4.69, 9.17) is 5.11 Å². The summed E-state index contributed by atoms with van der Waals surface area (Å²) in [6.07, 6.45) is 7.53. The van der Waals surface area contributed by atoms with Gasteiger partial charge in [0.1, 0.15) is 0 Å². The molecule has 3 N–H and O–H groups in total. The normalized spacial score (nSPS) is 24.8. The Morgan fingerprint density at radius 3 is 2.52 bits per heavy atom. The second-order valence-corrected chi connectivity index (χ2v) is 7.16. The number of aryl methyl sites for hydroxylation is 1. The maximum Gasteiger partial charge on any atom is 0.306 e. The van der Waals surface area contributed by atoms with Crippen molar-refractivity contribution in [2.45, 2.75) is 64.0 Å². The lowest BCUT2D eigenvalue weighted by atomic mass is 9.86. The lowest BCUT2D eigenvalue weighted by Gasteiger charge is -2.28. The summed E-state index contributed by atoms with van der Waals surface area (Å²) in [6.45, 7) is 3.97. The molecule has 0 radical (unpaired) electrons. The lowest BCUT2D eigenvalue weighted by Crippen LogP contribution is -2.40. The fraction of sp³-hybridized carbons (Fsp3) is 0.722. The molecule has 1 aliphatic heterocycles. The van der Waals surface area contributed by atoms with Crippen LogP contribution in [-0.2, 0) is 11.2 Å². The number of aliphatic carboxylic acids is 1. The Morgan fingerprint density at radius 1 is 1.24 bits per heavy atom. The van der Waals surface area contributed by atoms with Gasteiger partial charge in [0.2, 0.25) is 0 Å². The zero-order valence-corrected chi connectivity index (χ0v) is 14.8. The first kappa shape index (κ1) is 17.9. The predicted molar refractivity (Wildman–Crippen MR) is 93.6 cm³/mol. The van der Waals surface area contributed by atoms with E-state index in [0.29, 0.717) is 24.7 Å². The number of carboxylic acids is 1. The van der Waals surface area contributed by atoms with Crippen molar-refractivity contribution in [1.29, 1.82) is 0 Å². The summed E-state index contributed by atoms with van der Waals surface area (Å²) < 4.78 is 2.05. The second kappa shape index (κ2) is 7.99. The van der Waals surface area contributed by atoms with Crippen molar-refractivity contribution in [1.82, 2.24) is 20.2 Å². The third kappa shape index (κ3) is 4.21. The van der Waals surface area contributed by atoms with Gasteiger partial charge in [0, 0.05) is 18.3 Å². The quantitative estimate of drug-likeness (QED) is 0.753. The molecule has 1 amide bonds. The number of carbonyl (C=O) groups is 2. The number of carbonyl (C=O) groups excluding carboxylic acids is 1. The van der Waals surface area contributed by atoms with Gasteiger partial charge < -0.3 is 20.3 Å². The maximum absolute atomic E-state index is 12.8. The molecule has 138 valence electrons. The smallest absolute Gasteiger partial charge is 0.306 e. The van der Waals surface area contributed by atoms with E-state index >= 15 is 0 Å². The summed E-state index contributed by atoms with van der Waals surface area (Å²) in [5, 5.41) is 15.5. The number of hydrogen-bond donors (Lipinski definition) is 3. The van der Waals surface area contributed by atoms with E-state index in [9.17, 15) is 9.59 Å². The number of nitrogens with zero attached hydrogens (tertiary/aromatic N) is 2. The van der Waals surface area contributed by atoms with Crippen LogP contribution < -0.4 is 10.6 Å². The zero-order chi connectivity index (χ0) is 17.8. The molecule has 1 aliphatic carbocycles. The Morgan fingerprint density at radius 2 is 1.92 bits per heavy atom. The molecule has 0 unspecified atom stereocenters. The molecule has 0 aromatic carbocycles. The molecular formula is C18H28N4O3. The summed E-state index contributed by atoms with van der Waals surface area (Å²) in [6, 6.07) is 0.365. The van der Waals surface area contributed by atoms with Crippen LogP contribution in [-0.4, -0.2) is 45.7 Å². The fourth-order valence-electron chi connectivity index (χ4n) is 3.88. The molecule has 2 aliphatic rings. The van der Waals surface area contributed by atoms with Gasteiger partial charge in [0.15, 0.2) is 5.82 Å². The minimum absolute atomic E-state index is 0.0475.